The Hall–Kier alpha value is -2.40. The van der Waals surface area contributed by atoms with Crippen LogP contribution in [-0.2, 0) is 0 Å². The van der Waals surface area contributed by atoms with Crippen LogP contribution in [0.1, 0.15) is 10.5 Å². The van der Waals surface area contributed by atoms with Gasteiger partial charge < -0.3 is 15.8 Å². The first-order valence-corrected chi connectivity index (χ1v) is 5.97. The van der Waals surface area contributed by atoms with E-state index in [1.54, 1.807) is 18.3 Å². The number of nitrogens with zero attached hydrogens (tertiary/aromatic N) is 1. The molecule has 1 aromatic heterocycles. The van der Waals surface area contributed by atoms with Gasteiger partial charge in [-0.2, -0.15) is 0 Å². The van der Waals surface area contributed by atoms with Crippen LogP contribution in [0.2, 0.25) is 0 Å². The lowest BCUT2D eigenvalue weighted by Crippen LogP contribution is -2.29. The molecule has 2 aromatic rings. The maximum atomic E-state index is 11.9. The maximum absolute atomic E-state index is 11.9. The van der Waals surface area contributed by atoms with Gasteiger partial charge in [0.15, 0.2) is 11.4 Å². The number of para-hydroxylation sites is 1. The molecule has 0 bridgehead atoms. The molecule has 0 aliphatic rings. The van der Waals surface area contributed by atoms with Crippen molar-refractivity contribution in [1.82, 2.24) is 10.3 Å². The van der Waals surface area contributed by atoms with Crippen LogP contribution in [0, 0.1) is 0 Å². The van der Waals surface area contributed by atoms with E-state index < -0.39 is 0 Å². The molecular weight excluding hydrogens is 242 g/mol. The fourth-order valence-corrected chi connectivity index (χ4v) is 1.53. The van der Waals surface area contributed by atoms with E-state index >= 15 is 0 Å². The van der Waals surface area contributed by atoms with Gasteiger partial charge in [0.1, 0.15) is 5.75 Å². The molecule has 0 saturated heterocycles. The summed E-state index contributed by atoms with van der Waals surface area (Å²) in [6.07, 6.45) is 1.55. The summed E-state index contributed by atoms with van der Waals surface area (Å²) >= 11 is 0. The summed E-state index contributed by atoms with van der Waals surface area (Å²) in [4.78, 5) is 16.0. The minimum Gasteiger partial charge on any atom is -0.455 e. The van der Waals surface area contributed by atoms with E-state index in [1.165, 1.54) is 0 Å². The summed E-state index contributed by atoms with van der Waals surface area (Å²) in [6.45, 7) is 0.785. The molecule has 5 heteroatoms. The van der Waals surface area contributed by atoms with Crippen molar-refractivity contribution in [3.63, 3.8) is 0 Å². The van der Waals surface area contributed by atoms with Gasteiger partial charge in [-0.1, -0.05) is 18.2 Å². The number of aromatic nitrogens is 1. The fourth-order valence-electron chi connectivity index (χ4n) is 1.53. The molecule has 0 atom stereocenters. The standard InChI is InChI=1S/C14H15N3O2/c15-8-10-17-14(18)13-12(7-4-9-16-13)19-11-5-2-1-3-6-11/h1-7,9H,8,10,15H2,(H,17,18). The minimum absolute atomic E-state index is 0.250. The second kappa shape index (κ2) is 6.51. The smallest absolute Gasteiger partial charge is 0.273 e. The second-order valence-corrected chi connectivity index (χ2v) is 3.81. The molecule has 1 aromatic carbocycles. The lowest BCUT2D eigenvalue weighted by atomic mass is 10.3. The van der Waals surface area contributed by atoms with Crippen molar-refractivity contribution in [2.45, 2.75) is 0 Å². The van der Waals surface area contributed by atoms with Crippen molar-refractivity contribution in [3.05, 3.63) is 54.4 Å². The molecule has 0 aliphatic heterocycles. The maximum Gasteiger partial charge on any atom is 0.273 e. The largest absolute Gasteiger partial charge is 0.455 e. The van der Waals surface area contributed by atoms with Gasteiger partial charge in [0.05, 0.1) is 0 Å². The van der Waals surface area contributed by atoms with Gasteiger partial charge in [-0.15, -0.1) is 0 Å². The molecular formula is C14H15N3O2. The number of benzene rings is 1. The highest BCUT2D eigenvalue weighted by Crippen LogP contribution is 2.23. The Balaban J connectivity index is 2.19. The Bertz CT molecular complexity index is 543. The third-order valence-electron chi connectivity index (χ3n) is 2.39. The van der Waals surface area contributed by atoms with Crippen LogP contribution < -0.4 is 15.8 Å². The first kappa shape index (κ1) is 13.0. The van der Waals surface area contributed by atoms with E-state index in [2.05, 4.69) is 10.3 Å². The van der Waals surface area contributed by atoms with Crippen LogP contribution in [0.25, 0.3) is 0 Å². The number of nitrogens with two attached hydrogens (primary N) is 1. The summed E-state index contributed by atoms with van der Waals surface area (Å²) in [5, 5.41) is 2.67. The van der Waals surface area contributed by atoms with Crippen molar-refractivity contribution >= 4 is 5.91 Å². The van der Waals surface area contributed by atoms with Crippen LogP contribution in [-0.4, -0.2) is 24.0 Å². The van der Waals surface area contributed by atoms with Crippen LogP contribution in [0.4, 0.5) is 0 Å². The van der Waals surface area contributed by atoms with Gasteiger partial charge >= 0.3 is 0 Å². The first-order chi connectivity index (χ1) is 9.31. The molecule has 19 heavy (non-hydrogen) atoms. The predicted molar refractivity (Wildman–Crippen MR) is 72.1 cm³/mol. The minimum atomic E-state index is -0.294. The number of amides is 1. The van der Waals surface area contributed by atoms with Gasteiger partial charge in [-0.05, 0) is 24.3 Å². The third-order valence-corrected chi connectivity index (χ3v) is 2.39. The second-order valence-electron chi connectivity index (χ2n) is 3.81. The Morgan fingerprint density at radius 3 is 2.74 bits per heavy atom. The summed E-state index contributed by atoms with van der Waals surface area (Å²) in [5.74, 6) is 0.781. The number of carbonyl (C=O) groups is 1. The highest BCUT2D eigenvalue weighted by Gasteiger charge is 2.13. The lowest BCUT2D eigenvalue weighted by Gasteiger charge is -2.09. The van der Waals surface area contributed by atoms with Crippen molar-refractivity contribution < 1.29 is 9.53 Å². The topological polar surface area (TPSA) is 77.2 Å². The fraction of sp³-hybridized carbons (Fsp3) is 0.143. The monoisotopic (exact) mass is 257 g/mol. The molecule has 0 spiro atoms. The number of hydrogen-bond donors (Lipinski definition) is 2. The predicted octanol–water partition coefficient (Wildman–Crippen LogP) is 1.56. The Morgan fingerprint density at radius 2 is 2.00 bits per heavy atom. The summed E-state index contributed by atoms with van der Waals surface area (Å²) < 4.78 is 5.66. The van der Waals surface area contributed by atoms with Crippen LogP contribution in [0.15, 0.2) is 48.7 Å². The number of rotatable bonds is 5. The number of nitrogens with one attached hydrogen (secondary N) is 1. The zero-order valence-electron chi connectivity index (χ0n) is 10.4. The van der Waals surface area contributed by atoms with Crippen molar-refractivity contribution in [3.8, 4) is 11.5 Å². The Morgan fingerprint density at radius 1 is 1.21 bits per heavy atom. The van der Waals surface area contributed by atoms with Crippen LogP contribution in [0.5, 0.6) is 11.5 Å². The summed E-state index contributed by atoms with van der Waals surface area (Å²) in [5.41, 5.74) is 5.60. The van der Waals surface area contributed by atoms with Gasteiger partial charge in [0, 0.05) is 19.3 Å². The molecule has 5 nitrogen and oxygen atoms in total. The molecule has 98 valence electrons. The van der Waals surface area contributed by atoms with Crippen molar-refractivity contribution in [2.75, 3.05) is 13.1 Å². The number of carbonyl (C=O) groups excluding carboxylic acids is 1. The third kappa shape index (κ3) is 3.53. The zero-order chi connectivity index (χ0) is 13.5. The zero-order valence-corrected chi connectivity index (χ0v) is 10.4. The quantitative estimate of drug-likeness (QED) is 0.852. The Labute approximate surface area is 111 Å². The van der Waals surface area contributed by atoms with Gasteiger partial charge in [0.2, 0.25) is 0 Å². The summed E-state index contributed by atoms with van der Waals surface area (Å²) in [6, 6.07) is 12.7. The summed E-state index contributed by atoms with van der Waals surface area (Å²) in [7, 11) is 0. The Kier molecular flexibility index (Phi) is 4.47. The van der Waals surface area contributed by atoms with Crippen LogP contribution >= 0.6 is 0 Å². The molecule has 0 fully saturated rings. The average molecular weight is 257 g/mol. The number of pyridine rings is 1. The van der Waals surface area contributed by atoms with E-state index in [0.29, 0.717) is 24.6 Å². The molecule has 0 unspecified atom stereocenters. The molecule has 2 rings (SSSR count). The lowest BCUT2D eigenvalue weighted by molar-refractivity contribution is 0.0947. The number of ether oxygens (including phenoxy) is 1. The normalized spacial score (nSPS) is 9.95. The van der Waals surface area contributed by atoms with E-state index in [0.717, 1.165) is 0 Å². The van der Waals surface area contributed by atoms with E-state index in [-0.39, 0.29) is 11.6 Å². The molecule has 0 aliphatic carbocycles. The average Bonchev–Trinajstić information content (AvgIpc) is 2.46. The SMILES string of the molecule is NCCNC(=O)c1ncccc1Oc1ccccc1. The van der Waals surface area contributed by atoms with E-state index in [1.807, 2.05) is 30.3 Å². The van der Waals surface area contributed by atoms with Crippen molar-refractivity contribution in [1.29, 1.82) is 0 Å². The molecule has 1 amide bonds. The molecule has 3 N–H and O–H groups in total. The number of hydrogen-bond acceptors (Lipinski definition) is 4. The van der Waals surface area contributed by atoms with Crippen LogP contribution in [0.3, 0.4) is 0 Å². The molecule has 0 saturated carbocycles. The van der Waals surface area contributed by atoms with Gasteiger partial charge in [-0.25, -0.2) is 4.98 Å². The van der Waals surface area contributed by atoms with Gasteiger partial charge in [0.25, 0.3) is 5.91 Å². The van der Waals surface area contributed by atoms with Crippen molar-refractivity contribution in [2.24, 2.45) is 5.73 Å². The molecule has 1 heterocycles. The first-order valence-electron chi connectivity index (χ1n) is 5.97. The van der Waals surface area contributed by atoms with E-state index in [4.69, 9.17) is 10.5 Å². The molecule has 0 radical (unpaired) electrons. The van der Waals surface area contributed by atoms with Gasteiger partial charge in [-0.3, -0.25) is 4.79 Å². The van der Waals surface area contributed by atoms with E-state index in [9.17, 15) is 4.79 Å². The highest BCUT2D eigenvalue weighted by molar-refractivity contribution is 5.94. The highest BCUT2D eigenvalue weighted by atomic mass is 16.5.